The molecule has 0 radical (unpaired) electrons. The van der Waals surface area contributed by atoms with Crippen LogP contribution in [0.3, 0.4) is 0 Å². The molecule has 2 aromatic heterocycles. The monoisotopic (exact) mass is 393 g/mol. The van der Waals surface area contributed by atoms with E-state index in [9.17, 15) is 13.2 Å². The maximum absolute atomic E-state index is 13.7. The highest BCUT2D eigenvalue weighted by atomic mass is 19.3. The van der Waals surface area contributed by atoms with E-state index in [0.717, 1.165) is 6.42 Å². The average Bonchev–Trinajstić information content (AvgIpc) is 3.07. The van der Waals surface area contributed by atoms with Crippen LogP contribution in [0.5, 0.6) is 5.75 Å². The molecule has 2 aliphatic heterocycles. The van der Waals surface area contributed by atoms with Crippen LogP contribution in [0.4, 0.5) is 24.8 Å². The molecule has 5 rings (SSSR count). The van der Waals surface area contributed by atoms with E-state index in [1.807, 2.05) is 0 Å². The Morgan fingerprint density at radius 2 is 2.07 bits per heavy atom. The summed E-state index contributed by atoms with van der Waals surface area (Å²) in [7, 11) is 0. The number of nitrogens with two attached hydrogens (primary N) is 1. The number of ether oxygens (including phenoxy) is 2. The molecular weight excluding hydrogens is 375 g/mol. The zero-order valence-corrected chi connectivity index (χ0v) is 14.8. The molecule has 4 unspecified atom stereocenters. The first-order chi connectivity index (χ1) is 13.5. The standard InChI is InChI=1S/C18H18F3N5O2/c19-12-3-11(12)17-24-13(8-1-14(28-18(20)21)16(22)23-5-8)4-15(25-17)26-6-10-2-9(26)7-27-10/h1,4-5,9-12,18H,2-3,6-7H2,(H2,22,23). The van der Waals surface area contributed by atoms with E-state index in [0.29, 0.717) is 42.5 Å². The number of aromatic nitrogens is 3. The maximum Gasteiger partial charge on any atom is 0.387 e. The minimum atomic E-state index is -3.02. The number of hydrogen-bond acceptors (Lipinski definition) is 7. The molecule has 3 fully saturated rings. The molecule has 4 heterocycles. The number of hydrogen-bond donors (Lipinski definition) is 1. The SMILES string of the molecule is Nc1ncc(-c2cc(N3CC4CC3CO4)nc(C3CC3F)n2)cc1OC(F)F. The van der Waals surface area contributed by atoms with Crippen molar-refractivity contribution in [2.24, 2.45) is 0 Å². The van der Waals surface area contributed by atoms with Crippen molar-refractivity contribution in [3.63, 3.8) is 0 Å². The van der Waals surface area contributed by atoms with Gasteiger partial charge in [0.05, 0.1) is 30.4 Å². The Kier molecular flexibility index (Phi) is 4.04. The summed E-state index contributed by atoms with van der Waals surface area (Å²) in [6.45, 7) is -1.68. The normalized spacial score (nSPS) is 28.2. The van der Waals surface area contributed by atoms with Crippen LogP contribution in [0.15, 0.2) is 18.3 Å². The third kappa shape index (κ3) is 3.11. The number of nitrogen functional groups attached to an aromatic ring is 1. The highest BCUT2D eigenvalue weighted by Gasteiger charge is 2.43. The summed E-state index contributed by atoms with van der Waals surface area (Å²) in [5, 5.41) is 0. The van der Waals surface area contributed by atoms with Crippen molar-refractivity contribution in [1.29, 1.82) is 0 Å². The van der Waals surface area contributed by atoms with Gasteiger partial charge in [-0.15, -0.1) is 0 Å². The summed E-state index contributed by atoms with van der Waals surface area (Å²) in [4.78, 5) is 15.1. The Bertz CT molecular complexity index is 915. The molecule has 28 heavy (non-hydrogen) atoms. The fourth-order valence-corrected chi connectivity index (χ4v) is 3.81. The number of pyridine rings is 1. The summed E-state index contributed by atoms with van der Waals surface area (Å²) in [6.07, 6.45) is 1.97. The van der Waals surface area contributed by atoms with Crippen LogP contribution in [-0.2, 0) is 4.74 Å². The van der Waals surface area contributed by atoms with Crippen molar-refractivity contribution < 1.29 is 22.6 Å². The predicted octanol–water partition coefficient (Wildman–Crippen LogP) is 2.53. The smallest absolute Gasteiger partial charge is 0.387 e. The zero-order valence-electron chi connectivity index (χ0n) is 14.8. The quantitative estimate of drug-likeness (QED) is 0.835. The highest BCUT2D eigenvalue weighted by Crippen LogP contribution is 2.43. The topological polar surface area (TPSA) is 86.4 Å². The Morgan fingerprint density at radius 1 is 1.25 bits per heavy atom. The lowest BCUT2D eigenvalue weighted by Crippen LogP contribution is -2.37. The molecule has 4 atom stereocenters. The van der Waals surface area contributed by atoms with E-state index in [-0.39, 0.29) is 29.6 Å². The Morgan fingerprint density at radius 3 is 2.71 bits per heavy atom. The number of rotatable bonds is 5. The number of anilines is 2. The van der Waals surface area contributed by atoms with Gasteiger partial charge in [0.25, 0.3) is 0 Å². The molecular formula is C18H18F3N5O2. The van der Waals surface area contributed by atoms with Crippen molar-refractivity contribution in [1.82, 2.24) is 15.0 Å². The van der Waals surface area contributed by atoms with Gasteiger partial charge in [-0.05, 0) is 18.9 Å². The molecule has 2 bridgehead atoms. The van der Waals surface area contributed by atoms with E-state index in [1.165, 1.54) is 12.3 Å². The number of nitrogens with zero attached hydrogens (tertiary/aromatic N) is 4. The van der Waals surface area contributed by atoms with Crippen LogP contribution < -0.4 is 15.4 Å². The highest BCUT2D eigenvalue weighted by molar-refractivity contribution is 5.67. The minimum Gasteiger partial charge on any atom is -0.431 e. The van der Waals surface area contributed by atoms with Gasteiger partial charge in [-0.1, -0.05) is 0 Å². The molecule has 2 N–H and O–H groups in total. The van der Waals surface area contributed by atoms with E-state index < -0.39 is 12.8 Å². The van der Waals surface area contributed by atoms with E-state index in [1.54, 1.807) is 6.07 Å². The first-order valence-corrected chi connectivity index (χ1v) is 9.10. The number of alkyl halides is 3. The molecule has 1 saturated carbocycles. The predicted molar refractivity (Wildman–Crippen MR) is 94.1 cm³/mol. The summed E-state index contributed by atoms with van der Waals surface area (Å²) in [5.41, 5.74) is 6.54. The van der Waals surface area contributed by atoms with Gasteiger partial charge < -0.3 is 20.1 Å². The van der Waals surface area contributed by atoms with Gasteiger partial charge >= 0.3 is 6.61 Å². The largest absolute Gasteiger partial charge is 0.431 e. The fraction of sp³-hybridized carbons (Fsp3) is 0.500. The second-order valence-electron chi connectivity index (χ2n) is 7.31. The van der Waals surface area contributed by atoms with E-state index >= 15 is 0 Å². The minimum absolute atomic E-state index is 0.140. The second kappa shape index (κ2) is 6.47. The van der Waals surface area contributed by atoms with Gasteiger partial charge in [-0.25, -0.2) is 19.3 Å². The van der Waals surface area contributed by atoms with Crippen molar-refractivity contribution in [3.8, 4) is 17.0 Å². The number of fused-ring (bicyclic) bond motifs is 2. The van der Waals surface area contributed by atoms with Gasteiger partial charge in [0.2, 0.25) is 0 Å². The van der Waals surface area contributed by atoms with Gasteiger partial charge in [0.15, 0.2) is 11.6 Å². The molecule has 0 amide bonds. The van der Waals surface area contributed by atoms with Crippen LogP contribution in [0, 0.1) is 0 Å². The van der Waals surface area contributed by atoms with Gasteiger partial charge in [-0.2, -0.15) is 8.78 Å². The van der Waals surface area contributed by atoms with Crippen LogP contribution in [-0.4, -0.2) is 53.0 Å². The van der Waals surface area contributed by atoms with E-state index in [2.05, 4.69) is 24.6 Å². The maximum atomic E-state index is 13.7. The molecule has 148 valence electrons. The third-order valence-electron chi connectivity index (χ3n) is 5.36. The van der Waals surface area contributed by atoms with Crippen molar-refractivity contribution in [2.45, 2.75) is 43.7 Å². The molecule has 1 aliphatic carbocycles. The van der Waals surface area contributed by atoms with Crippen molar-refractivity contribution in [3.05, 3.63) is 24.2 Å². The van der Waals surface area contributed by atoms with Crippen LogP contribution >= 0.6 is 0 Å². The summed E-state index contributed by atoms with van der Waals surface area (Å²) < 4.78 is 49.0. The first-order valence-electron chi connectivity index (χ1n) is 9.10. The third-order valence-corrected chi connectivity index (χ3v) is 5.36. The molecule has 0 spiro atoms. The second-order valence-corrected chi connectivity index (χ2v) is 7.31. The van der Waals surface area contributed by atoms with Crippen molar-refractivity contribution >= 4 is 11.6 Å². The van der Waals surface area contributed by atoms with Crippen molar-refractivity contribution in [2.75, 3.05) is 23.8 Å². The van der Waals surface area contributed by atoms with Gasteiger partial charge in [0, 0.05) is 24.4 Å². The summed E-state index contributed by atoms with van der Waals surface area (Å²) in [6, 6.07) is 3.35. The van der Waals surface area contributed by atoms with Crippen LogP contribution in [0.25, 0.3) is 11.3 Å². The zero-order chi connectivity index (χ0) is 19.4. The molecule has 2 aromatic rings. The molecule has 10 heteroatoms. The van der Waals surface area contributed by atoms with Gasteiger partial charge in [0.1, 0.15) is 17.8 Å². The number of morpholine rings is 1. The Labute approximate surface area is 158 Å². The number of halogens is 3. The van der Waals surface area contributed by atoms with Crippen LogP contribution in [0.1, 0.15) is 24.6 Å². The Balaban J connectivity index is 1.54. The Hall–Kier alpha value is -2.62. The lowest BCUT2D eigenvalue weighted by atomic mass is 10.1. The average molecular weight is 393 g/mol. The van der Waals surface area contributed by atoms with Crippen LogP contribution in [0.2, 0.25) is 0 Å². The fourth-order valence-electron chi connectivity index (χ4n) is 3.81. The summed E-state index contributed by atoms with van der Waals surface area (Å²) >= 11 is 0. The molecule has 2 saturated heterocycles. The lowest BCUT2D eigenvalue weighted by molar-refractivity contribution is -0.0494. The first kappa shape index (κ1) is 17.5. The molecule has 7 nitrogen and oxygen atoms in total. The summed E-state index contributed by atoms with van der Waals surface area (Å²) in [5.74, 6) is 0.393. The molecule has 3 aliphatic rings. The lowest BCUT2D eigenvalue weighted by Gasteiger charge is -2.28. The van der Waals surface area contributed by atoms with Gasteiger partial charge in [-0.3, -0.25) is 0 Å². The molecule has 0 aromatic carbocycles. The van der Waals surface area contributed by atoms with E-state index in [4.69, 9.17) is 10.5 Å².